The molecule has 0 radical (unpaired) electrons. The molecule has 0 heterocycles. The second-order valence-electron chi connectivity index (χ2n) is 13.0. The monoisotopic (exact) mass is 454 g/mol. The molecule has 0 N–H and O–H groups in total. The molecule has 0 aliphatic heterocycles. The van der Waals surface area contributed by atoms with Crippen molar-refractivity contribution in [3.63, 3.8) is 0 Å². The zero-order valence-corrected chi connectivity index (χ0v) is 21.4. The van der Waals surface area contributed by atoms with Crippen molar-refractivity contribution in [2.75, 3.05) is 0 Å². The molecule has 2 aromatic rings. The van der Waals surface area contributed by atoms with Crippen LogP contribution in [0.1, 0.15) is 88.9 Å². The predicted octanol–water partition coefficient (Wildman–Crippen LogP) is 8.83. The van der Waals surface area contributed by atoms with Crippen molar-refractivity contribution in [1.29, 1.82) is 0 Å². The van der Waals surface area contributed by atoms with E-state index >= 15 is 0 Å². The Labute approximate surface area is 206 Å². The molecule has 34 heavy (non-hydrogen) atoms. The van der Waals surface area contributed by atoms with Crippen LogP contribution < -0.4 is 0 Å². The highest BCUT2D eigenvalue weighted by molar-refractivity contribution is 5.99. The van der Waals surface area contributed by atoms with E-state index in [1.165, 1.54) is 62.5 Å². The van der Waals surface area contributed by atoms with Crippen molar-refractivity contribution in [1.82, 2.24) is 0 Å². The van der Waals surface area contributed by atoms with Crippen molar-refractivity contribution in [2.45, 2.75) is 78.6 Å². The summed E-state index contributed by atoms with van der Waals surface area (Å²) in [6.07, 6.45) is 12.2. The molecular formula is C33H42O. The zero-order chi connectivity index (χ0) is 23.5. The molecular weight excluding hydrogens is 412 g/mol. The van der Waals surface area contributed by atoms with E-state index in [4.69, 9.17) is 0 Å². The summed E-state index contributed by atoms with van der Waals surface area (Å²) < 4.78 is 0. The van der Waals surface area contributed by atoms with Crippen molar-refractivity contribution >= 4 is 5.78 Å². The first-order valence-corrected chi connectivity index (χ1v) is 14.1. The second kappa shape index (κ2) is 8.35. The summed E-state index contributed by atoms with van der Waals surface area (Å²) in [7, 11) is 0. The van der Waals surface area contributed by atoms with Gasteiger partial charge in [-0.3, -0.25) is 4.79 Å². The van der Waals surface area contributed by atoms with Gasteiger partial charge in [0.25, 0.3) is 0 Å². The van der Waals surface area contributed by atoms with Crippen LogP contribution in [0.3, 0.4) is 0 Å². The molecule has 6 rings (SSSR count). The maximum Gasteiger partial charge on any atom is 0.166 e. The first kappa shape index (κ1) is 22.6. The van der Waals surface area contributed by atoms with Crippen LogP contribution in [-0.4, -0.2) is 5.78 Å². The van der Waals surface area contributed by atoms with Gasteiger partial charge in [0.2, 0.25) is 0 Å². The van der Waals surface area contributed by atoms with E-state index in [-0.39, 0.29) is 11.3 Å². The van der Waals surface area contributed by atoms with Crippen LogP contribution >= 0.6 is 0 Å². The third-order valence-electron chi connectivity index (χ3n) is 11.5. The Hall–Kier alpha value is -1.89. The Kier molecular flexibility index (Phi) is 5.54. The minimum absolute atomic E-state index is 0.196. The van der Waals surface area contributed by atoms with E-state index in [1.54, 1.807) is 0 Å². The number of hydrogen-bond donors (Lipinski definition) is 0. The normalized spacial score (nSPS) is 41.3. The molecule has 0 aromatic heterocycles. The van der Waals surface area contributed by atoms with Gasteiger partial charge in [0.05, 0.1) is 0 Å². The number of carbonyl (C=O) groups is 1. The van der Waals surface area contributed by atoms with Crippen LogP contribution in [0.5, 0.6) is 0 Å². The zero-order valence-electron chi connectivity index (χ0n) is 21.4. The van der Waals surface area contributed by atoms with Gasteiger partial charge < -0.3 is 0 Å². The summed E-state index contributed by atoms with van der Waals surface area (Å²) in [5, 5.41) is 0. The fourth-order valence-electron chi connectivity index (χ4n) is 9.56. The standard InChI is InChI=1S/C33H42O/c1-22-17-19-32(2)26(21-22)13-14-27-28-15-16-30(33(28,3)20-18-29(27)32)31(34)25-11-9-24(10-12-25)23-7-5-4-6-8-23/h4-12,22,26-30H,13-21H2,1-3H3/t22?,26?,27?,28?,29?,30-,32?,33?/m1/s1. The maximum absolute atomic E-state index is 13.8. The van der Waals surface area contributed by atoms with Crippen molar-refractivity contribution in [2.24, 2.45) is 46.3 Å². The topological polar surface area (TPSA) is 17.1 Å². The fourth-order valence-corrected chi connectivity index (χ4v) is 9.56. The Morgan fingerprint density at radius 1 is 0.735 bits per heavy atom. The van der Waals surface area contributed by atoms with Crippen molar-refractivity contribution < 1.29 is 4.79 Å². The quantitative estimate of drug-likeness (QED) is 0.423. The lowest BCUT2D eigenvalue weighted by atomic mass is 9.44. The number of fused-ring (bicyclic) bond motifs is 5. The summed E-state index contributed by atoms with van der Waals surface area (Å²) in [4.78, 5) is 13.8. The molecule has 2 aromatic carbocycles. The van der Waals surface area contributed by atoms with Gasteiger partial charge in [-0.2, -0.15) is 0 Å². The summed E-state index contributed by atoms with van der Waals surface area (Å²) in [5.74, 6) is 4.99. The van der Waals surface area contributed by atoms with Crippen LogP contribution in [-0.2, 0) is 0 Å². The van der Waals surface area contributed by atoms with E-state index in [9.17, 15) is 4.79 Å². The number of benzene rings is 2. The van der Waals surface area contributed by atoms with Crippen LogP contribution in [0.15, 0.2) is 54.6 Å². The Bertz CT molecular complexity index is 1040. The van der Waals surface area contributed by atoms with Gasteiger partial charge in [0.15, 0.2) is 5.78 Å². The molecule has 4 saturated carbocycles. The lowest BCUT2D eigenvalue weighted by Gasteiger charge is -2.61. The first-order chi connectivity index (χ1) is 16.4. The van der Waals surface area contributed by atoms with Crippen LogP contribution in [0.25, 0.3) is 11.1 Å². The lowest BCUT2D eigenvalue weighted by Crippen LogP contribution is -2.53. The summed E-state index contributed by atoms with van der Waals surface area (Å²) >= 11 is 0. The number of hydrogen-bond acceptors (Lipinski definition) is 1. The SMILES string of the molecule is CC1CCC2(C)C(CCC3C2CCC2(C)C3CC[C@@H]2C(=O)c2ccc(-c3ccccc3)cc2)C1. The predicted molar refractivity (Wildman–Crippen MR) is 141 cm³/mol. The van der Waals surface area contributed by atoms with Gasteiger partial charge in [0.1, 0.15) is 0 Å². The molecule has 4 aliphatic carbocycles. The van der Waals surface area contributed by atoms with Crippen LogP contribution in [0, 0.1) is 46.3 Å². The van der Waals surface area contributed by atoms with Gasteiger partial charge >= 0.3 is 0 Å². The Morgan fingerprint density at radius 2 is 1.41 bits per heavy atom. The minimum Gasteiger partial charge on any atom is -0.294 e. The average molecular weight is 455 g/mol. The molecule has 4 fully saturated rings. The Morgan fingerprint density at radius 3 is 2.18 bits per heavy atom. The van der Waals surface area contributed by atoms with Crippen molar-refractivity contribution in [3.8, 4) is 11.1 Å². The number of Topliss-reactive ketones (excluding diaryl/α,β-unsaturated/α-hetero) is 1. The maximum atomic E-state index is 13.8. The smallest absolute Gasteiger partial charge is 0.166 e. The van der Waals surface area contributed by atoms with Crippen LogP contribution in [0.2, 0.25) is 0 Å². The third-order valence-corrected chi connectivity index (χ3v) is 11.5. The number of rotatable bonds is 3. The van der Waals surface area contributed by atoms with Gasteiger partial charge in [-0.1, -0.05) is 81.8 Å². The largest absolute Gasteiger partial charge is 0.294 e. The highest BCUT2D eigenvalue weighted by Crippen LogP contribution is 2.68. The van der Waals surface area contributed by atoms with Crippen molar-refractivity contribution in [3.05, 3.63) is 60.2 Å². The first-order valence-electron chi connectivity index (χ1n) is 14.1. The molecule has 7 unspecified atom stereocenters. The molecule has 0 saturated heterocycles. The lowest BCUT2D eigenvalue weighted by molar-refractivity contribution is -0.114. The van der Waals surface area contributed by atoms with E-state index in [0.29, 0.717) is 11.2 Å². The summed E-state index contributed by atoms with van der Waals surface area (Å²) in [6.45, 7) is 7.64. The van der Waals surface area contributed by atoms with E-state index in [0.717, 1.165) is 41.6 Å². The molecule has 0 amide bonds. The molecule has 4 aliphatic rings. The van der Waals surface area contributed by atoms with Gasteiger partial charge in [0, 0.05) is 11.5 Å². The molecule has 1 nitrogen and oxygen atoms in total. The van der Waals surface area contributed by atoms with E-state index in [1.807, 2.05) is 0 Å². The summed E-state index contributed by atoms with van der Waals surface area (Å²) in [6, 6.07) is 18.9. The Balaban J connectivity index is 1.22. The van der Waals surface area contributed by atoms with E-state index in [2.05, 4.69) is 75.4 Å². The molecule has 0 spiro atoms. The van der Waals surface area contributed by atoms with Crippen LogP contribution in [0.4, 0.5) is 0 Å². The molecule has 0 bridgehead atoms. The second-order valence-corrected chi connectivity index (χ2v) is 13.0. The molecule has 180 valence electrons. The summed E-state index contributed by atoms with van der Waals surface area (Å²) in [5.41, 5.74) is 4.09. The number of ketones is 1. The molecule has 1 heteroatoms. The third kappa shape index (κ3) is 3.44. The van der Waals surface area contributed by atoms with E-state index < -0.39 is 0 Å². The van der Waals surface area contributed by atoms with Gasteiger partial charge in [-0.25, -0.2) is 0 Å². The average Bonchev–Trinajstić information content (AvgIpc) is 3.22. The van der Waals surface area contributed by atoms with Gasteiger partial charge in [-0.15, -0.1) is 0 Å². The molecule has 8 atom stereocenters. The number of carbonyl (C=O) groups excluding carboxylic acids is 1. The van der Waals surface area contributed by atoms with Gasteiger partial charge in [-0.05, 0) is 103 Å². The fraction of sp³-hybridized carbons (Fsp3) is 0.606. The minimum atomic E-state index is 0.196. The highest BCUT2D eigenvalue weighted by atomic mass is 16.1. The highest BCUT2D eigenvalue weighted by Gasteiger charge is 2.61.